The number of rotatable bonds is 8. The van der Waals surface area contributed by atoms with E-state index in [2.05, 4.69) is 5.32 Å². The van der Waals surface area contributed by atoms with Gasteiger partial charge in [0, 0.05) is 30.2 Å². The molecule has 0 aliphatic rings. The molecule has 1 N–H and O–H groups in total. The SMILES string of the molecule is COc1cccc(NC(=O)CSc2ccccc2C(=O)N(C)Cc2cccc(F)c2)c1. The molecule has 3 aromatic carbocycles. The zero-order valence-electron chi connectivity index (χ0n) is 17.3. The molecule has 3 rings (SSSR count). The third kappa shape index (κ3) is 6.33. The van der Waals surface area contributed by atoms with Gasteiger partial charge in [-0.3, -0.25) is 9.59 Å². The summed E-state index contributed by atoms with van der Waals surface area (Å²) < 4.78 is 18.6. The van der Waals surface area contributed by atoms with Crippen LogP contribution in [0, 0.1) is 5.82 Å². The predicted octanol–water partition coefficient (Wildman–Crippen LogP) is 4.84. The summed E-state index contributed by atoms with van der Waals surface area (Å²) in [5.74, 6) is 0.0861. The number of nitrogens with zero attached hydrogens (tertiary/aromatic N) is 1. The third-order valence-electron chi connectivity index (χ3n) is 4.49. The van der Waals surface area contributed by atoms with Gasteiger partial charge in [0.1, 0.15) is 11.6 Å². The first-order valence-corrected chi connectivity index (χ1v) is 10.6. The summed E-state index contributed by atoms with van der Waals surface area (Å²) in [6.07, 6.45) is 0. The van der Waals surface area contributed by atoms with Crippen molar-refractivity contribution in [2.45, 2.75) is 11.4 Å². The van der Waals surface area contributed by atoms with Crippen LogP contribution in [-0.4, -0.2) is 36.6 Å². The normalized spacial score (nSPS) is 10.4. The van der Waals surface area contributed by atoms with Gasteiger partial charge in [-0.05, 0) is 42.0 Å². The zero-order chi connectivity index (χ0) is 22.2. The average Bonchev–Trinajstić information content (AvgIpc) is 2.77. The maximum Gasteiger partial charge on any atom is 0.255 e. The third-order valence-corrected chi connectivity index (χ3v) is 5.56. The van der Waals surface area contributed by atoms with Crippen LogP contribution in [-0.2, 0) is 11.3 Å². The lowest BCUT2D eigenvalue weighted by Crippen LogP contribution is -2.26. The predicted molar refractivity (Wildman–Crippen MR) is 121 cm³/mol. The first-order valence-electron chi connectivity index (χ1n) is 9.62. The summed E-state index contributed by atoms with van der Waals surface area (Å²) in [5, 5.41) is 2.83. The van der Waals surface area contributed by atoms with E-state index < -0.39 is 0 Å². The minimum atomic E-state index is -0.337. The van der Waals surface area contributed by atoms with Crippen LogP contribution < -0.4 is 10.1 Å². The monoisotopic (exact) mass is 438 g/mol. The van der Waals surface area contributed by atoms with Gasteiger partial charge < -0.3 is 15.0 Å². The molecule has 5 nitrogen and oxygen atoms in total. The van der Waals surface area contributed by atoms with E-state index in [4.69, 9.17) is 4.74 Å². The van der Waals surface area contributed by atoms with Crippen LogP contribution in [0.5, 0.6) is 5.75 Å². The second-order valence-corrected chi connectivity index (χ2v) is 7.87. The first kappa shape index (κ1) is 22.4. The summed E-state index contributed by atoms with van der Waals surface area (Å²) in [6, 6.07) is 20.4. The van der Waals surface area contributed by atoms with Crippen molar-refractivity contribution in [3.63, 3.8) is 0 Å². The van der Waals surface area contributed by atoms with Crippen molar-refractivity contribution in [1.29, 1.82) is 0 Å². The second kappa shape index (κ2) is 10.6. The average molecular weight is 439 g/mol. The van der Waals surface area contributed by atoms with E-state index in [1.807, 2.05) is 12.1 Å². The second-order valence-electron chi connectivity index (χ2n) is 6.86. The van der Waals surface area contributed by atoms with Gasteiger partial charge >= 0.3 is 0 Å². The van der Waals surface area contributed by atoms with Crippen LogP contribution in [0.4, 0.5) is 10.1 Å². The molecule has 2 amide bonds. The number of carbonyl (C=O) groups excluding carboxylic acids is 2. The lowest BCUT2D eigenvalue weighted by Gasteiger charge is -2.19. The number of benzene rings is 3. The molecule has 0 unspecified atom stereocenters. The fourth-order valence-electron chi connectivity index (χ4n) is 3.00. The maximum absolute atomic E-state index is 13.4. The Kier molecular flexibility index (Phi) is 7.67. The summed E-state index contributed by atoms with van der Waals surface area (Å²) in [4.78, 5) is 27.6. The largest absolute Gasteiger partial charge is 0.497 e. The lowest BCUT2D eigenvalue weighted by molar-refractivity contribution is -0.113. The molecule has 31 heavy (non-hydrogen) atoms. The smallest absolute Gasteiger partial charge is 0.255 e. The fourth-order valence-corrected chi connectivity index (χ4v) is 3.84. The highest BCUT2D eigenvalue weighted by Gasteiger charge is 2.17. The molecule has 160 valence electrons. The molecular weight excluding hydrogens is 415 g/mol. The van der Waals surface area contributed by atoms with Crippen molar-refractivity contribution in [3.05, 3.63) is 89.7 Å². The van der Waals surface area contributed by atoms with Crippen molar-refractivity contribution < 1.29 is 18.7 Å². The number of ether oxygens (including phenoxy) is 1. The van der Waals surface area contributed by atoms with Crippen LogP contribution >= 0.6 is 11.8 Å². The maximum atomic E-state index is 13.4. The summed E-state index contributed by atoms with van der Waals surface area (Å²) in [7, 11) is 3.24. The van der Waals surface area contributed by atoms with Crippen LogP contribution in [0.15, 0.2) is 77.7 Å². The van der Waals surface area contributed by atoms with Gasteiger partial charge in [-0.15, -0.1) is 11.8 Å². The highest BCUT2D eigenvalue weighted by atomic mass is 32.2. The molecule has 0 aliphatic heterocycles. The number of methoxy groups -OCH3 is 1. The van der Waals surface area contributed by atoms with E-state index in [0.717, 1.165) is 0 Å². The van der Waals surface area contributed by atoms with Crippen LogP contribution in [0.1, 0.15) is 15.9 Å². The number of amides is 2. The molecule has 3 aromatic rings. The Balaban J connectivity index is 1.64. The number of hydrogen-bond acceptors (Lipinski definition) is 4. The number of hydrogen-bond donors (Lipinski definition) is 1. The van der Waals surface area contributed by atoms with Crippen LogP contribution in [0.3, 0.4) is 0 Å². The Bertz CT molecular complexity index is 1070. The van der Waals surface area contributed by atoms with Gasteiger partial charge in [0.05, 0.1) is 18.4 Å². The van der Waals surface area contributed by atoms with Crippen LogP contribution in [0.2, 0.25) is 0 Å². The molecule has 0 radical (unpaired) electrons. The fraction of sp³-hybridized carbons (Fsp3) is 0.167. The molecular formula is C24H23FN2O3S. The first-order chi connectivity index (χ1) is 15.0. The molecule has 0 spiro atoms. The standard InChI is InChI=1S/C24H23FN2O3S/c1-27(15-17-7-5-8-18(25)13-17)24(29)21-11-3-4-12-22(21)31-16-23(28)26-19-9-6-10-20(14-19)30-2/h3-14H,15-16H2,1-2H3,(H,26,28). The summed E-state index contributed by atoms with van der Waals surface area (Å²) >= 11 is 1.29. The van der Waals surface area contributed by atoms with Gasteiger partial charge in [-0.2, -0.15) is 0 Å². The molecule has 0 aromatic heterocycles. The van der Waals surface area contributed by atoms with Gasteiger partial charge in [0.25, 0.3) is 5.91 Å². The summed E-state index contributed by atoms with van der Waals surface area (Å²) in [6.45, 7) is 0.284. The lowest BCUT2D eigenvalue weighted by atomic mass is 10.1. The number of thioether (sulfide) groups is 1. The van der Waals surface area contributed by atoms with Crippen molar-refractivity contribution in [2.75, 3.05) is 25.2 Å². The molecule has 0 atom stereocenters. The van der Waals surface area contributed by atoms with E-state index in [0.29, 0.717) is 27.5 Å². The van der Waals surface area contributed by atoms with Crippen molar-refractivity contribution >= 4 is 29.3 Å². The molecule has 7 heteroatoms. The Morgan fingerprint density at radius 2 is 1.81 bits per heavy atom. The quantitative estimate of drug-likeness (QED) is 0.512. The Morgan fingerprint density at radius 3 is 2.58 bits per heavy atom. The Hall–Kier alpha value is -3.32. The van der Waals surface area contributed by atoms with Gasteiger partial charge in [-0.1, -0.05) is 30.3 Å². The molecule has 0 aliphatic carbocycles. The number of halogens is 1. The molecule has 0 saturated heterocycles. The molecule has 0 bridgehead atoms. The Labute approximate surface area is 185 Å². The van der Waals surface area contributed by atoms with Gasteiger partial charge in [0.2, 0.25) is 5.91 Å². The van der Waals surface area contributed by atoms with Crippen LogP contribution in [0.25, 0.3) is 0 Å². The van der Waals surface area contributed by atoms with E-state index in [9.17, 15) is 14.0 Å². The number of carbonyl (C=O) groups is 2. The topological polar surface area (TPSA) is 58.6 Å². The van der Waals surface area contributed by atoms with Crippen molar-refractivity contribution in [3.8, 4) is 5.75 Å². The van der Waals surface area contributed by atoms with Gasteiger partial charge in [-0.25, -0.2) is 4.39 Å². The van der Waals surface area contributed by atoms with Crippen molar-refractivity contribution in [2.24, 2.45) is 0 Å². The van der Waals surface area contributed by atoms with E-state index in [1.165, 1.54) is 28.8 Å². The molecule has 0 saturated carbocycles. The van der Waals surface area contributed by atoms with E-state index >= 15 is 0 Å². The van der Waals surface area contributed by atoms with Crippen molar-refractivity contribution in [1.82, 2.24) is 4.90 Å². The minimum Gasteiger partial charge on any atom is -0.497 e. The highest BCUT2D eigenvalue weighted by molar-refractivity contribution is 8.00. The highest BCUT2D eigenvalue weighted by Crippen LogP contribution is 2.25. The molecule has 0 fully saturated rings. The Morgan fingerprint density at radius 1 is 1.03 bits per heavy atom. The minimum absolute atomic E-state index is 0.148. The molecule has 0 heterocycles. The number of nitrogens with one attached hydrogen (secondary N) is 1. The summed E-state index contributed by atoms with van der Waals surface area (Å²) in [5.41, 5.74) is 1.85. The zero-order valence-corrected chi connectivity index (χ0v) is 18.1. The number of anilines is 1. The van der Waals surface area contributed by atoms with E-state index in [-0.39, 0.29) is 29.9 Å². The van der Waals surface area contributed by atoms with Gasteiger partial charge in [0.15, 0.2) is 0 Å². The van der Waals surface area contributed by atoms with E-state index in [1.54, 1.807) is 62.7 Å².